The van der Waals surface area contributed by atoms with Crippen molar-refractivity contribution in [2.75, 3.05) is 6.61 Å². The second-order valence-corrected chi connectivity index (χ2v) is 3.34. The van der Waals surface area contributed by atoms with Gasteiger partial charge in [0.15, 0.2) is 0 Å². The van der Waals surface area contributed by atoms with Crippen molar-refractivity contribution in [1.82, 2.24) is 0 Å². The second-order valence-electron chi connectivity index (χ2n) is 3.34. The Hall–Kier alpha value is -1.24. The molecule has 7 heteroatoms. The van der Waals surface area contributed by atoms with Crippen LogP contribution in [0.4, 0.5) is 26.3 Å². The average Bonchev–Trinajstić information content (AvgIpc) is 2.15. The summed E-state index contributed by atoms with van der Waals surface area (Å²) in [6.45, 7) is -0.648. The van der Waals surface area contributed by atoms with Crippen LogP contribution in [0.1, 0.15) is 16.7 Å². The van der Waals surface area contributed by atoms with E-state index in [-0.39, 0.29) is 0 Å². The molecule has 1 nitrogen and oxygen atoms in total. The van der Waals surface area contributed by atoms with Crippen molar-refractivity contribution in [3.05, 3.63) is 34.9 Å². The summed E-state index contributed by atoms with van der Waals surface area (Å²) >= 11 is 0. The van der Waals surface area contributed by atoms with Crippen LogP contribution in [0.25, 0.3) is 0 Å². The highest BCUT2D eigenvalue weighted by molar-refractivity contribution is 5.35. The van der Waals surface area contributed by atoms with Crippen LogP contribution in [0.2, 0.25) is 0 Å². The first-order valence-corrected chi connectivity index (χ1v) is 4.54. The molecule has 0 aliphatic rings. The molecule has 17 heavy (non-hydrogen) atoms. The zero-order valence-electron chi connectivity index (χ0n) is 8.36. The van der Waals surface area contributed by atoms with Gasteiger partial charge in [-0.1, -0.05) is 0 Å². The van der Waals surface area contributed by atoms with Crippen molar-refractivity contribution >= 4 is 0 Å². The predicted octanol–water partition coefficient (Wildman–Crippen LogP) is 3.26. The largest absolute Gasteiger partial charge is 0.416 e. The molecule has 0 spiro atoms. The molecule has 0 atom stereocenters. The minimum absolute atomic E-state index is 0.379. The standard InChI is InChI=1S/C10H8F6O/c11-9(12,13)7-1-2-8(10(14,15)16)6(5-7)3-4-17/h1-2,5,17H,3-4H2. The molecule has 0 saturated heterocycles. The van der Waals surface area contributed by atoms with Crippen LogP contribution in [0, 0.1) is 0 Å². The molecule has 0 radical (unpaired) electrons. The molecule has 0 bridgehead atoms. The topological polar surface area (TPSA) is 20.2 Å². The Morgan fingerprint density at radius 2 is 1.53 bits per heavy atom. The van der Waals surface area contributed by atoms with Gasteiger partial charge in [0, 0.05) is 6.61 Å². The van der Waals surface area contributed by atoms with E-state index in [9.17, 15) is 26.3 Å². The zero-order valence-corrected chi connectivity index (χ0v) is 8.36. The molecular formula is C10H8F6O. The summed E-state index contributed by atoms with van der Waals surface area (Å²) in [5.74, 6) is 0. The molecule has 96 valence electrons. The van der Waals surface area contributed by atoms with Crippen LogP contribution < -0.4 is 0 Å². The molecule has 0 aromatic heterocycles. The normalized spacial score (nSPS) is 12.9. The van der Waals surface area contributed by atoms with E-state index in [4.69, 9.17) is 5.11 Å². The van der Waals surface area contributed by atoms with E-state index in [1.165, 1.54) is 0 Å². The van der Waals surface area contributed by atoms with E-state index >= 15 is 0 Å². The fourth-order valence-corrected chi connectivity index (χ4v) is 1.37. The van der Waals surface area contributed by atoms with E-state index in [0.29, 0.717) is 18.2 Å². The van der Waals surface area contributed by atoms with Crippen molar-refractivity contribution < 1.29 is 31.4 Å². The Labute approximate surface area is 92.7 Å². The Bertz CT molecular complexity index is 393. The third-order valence-corrected chi connectivity index (χ3v) is 2.12. The molecule has 0 amide bonds. The number of alkyl halides is 6. The van der Waals surface area contributed by atoms with Gasteiger partial charge in [0.05, 0.1) is 11.1 Å². The van der Waals surface area contributed by atoms with Gasteiger partial charge in [0.2, 0.25) is 0 Å². The number of hydrogen-bond donors (Lipinski definition) is 1. The van der Waals surface area contributed by atoms with Crippen molar-refractivity contribution in [2.24, 2.45) is 0 Å². The molecule has 1 aromatic rings. The van der Waals surface area contributed by atoms with E-state index in [0.717, 1.165) is 0 Å². The molecule has 0 fully saturated rings. The van der Waals surface area contributed by atoms with Crippen molar-refractivity contribution in [3.8, 4) is 0 Å². The molecule has 1 N–H and O–H groups in total. The lowest BCUT2D eigenvalue weighted by atomic mass is 10.0. The number of benzene rings is 1. The first-order valence-electron chi connectivity index (χ1n) is 4.54. The second kappa shape index (κ2) is 4.56. The first kappa shape index (κ1) is 13.8. The summed E-state index contributed by atoms with van der Waals surface area (Å²) < 4.78 is 74.2. The maximum Gasteiger partial charge on any atom is 0.416 e. The Morgan fingerprint density at radius 1 is 0.941 bits per heavy atom. The van der Waals surface area contributed by atoms with Gasteiger partial charge in [-0.2, -0.15) is 26.3 Å². The SMILES string of the molecule is OCCc1cc(C(F)(F)F)ccc1C(F)(F)F. The van der Waals surface area contributed by atoms with Gasteiger partial charge in [-0.15, -0.1) is 0 Å². The van der Waals surface area contributed by atoms with Gasteiger partial charge in [-0.3, -0.25) is 0 Å². The Morgan fingerprint density at radius 3 is 1.94 bits per heavy atom. The third-order valence-electron chi connectivity index (χ3n) is 2.12. The summed E-state index contributed by atoms with van der Waals surface area (Å²) in [6.07, 6.45) is -9.90. The lowest BCUT2D eigenvalue weighted by molar-refractivity contribution is -0.141. The Kier molecular flexibility index (Phi) is 3.71. The van der Waals surface area contributed by atoms with Crippen molar-refractivity contribution in [2.45, 2.75) is 18.8 Å². The van der Waals surface area contributed by atoms with Crippen molar-refractivity contribution in [1.29, 1.82) is 0 Å². The first-order chi connectivity index (χ1) is 7.66. The molecule has 0 unspecified atom stereocenters. The molecule has 0 aliphatic heterocycles. The van der Waals surface area contributed by atoms with E-state index in [1.807, 2.05) is 0 Å². The maximum absolute atomic E-state index is 12.4. The van der Waals surface area contributed by atoms with Crippen molar-refractivity contribution in [3.63, 3.8) is 0 Å². The van der Waals surface area contributed by atoms with Crippen LogP contribution in [-0.2, 0) is 18.8 Å². The van der Waals surface area contributed by atoms with Gasteiger partial charge in [-0.25, -0.2) is 0 Å². The summed E-state index contributed by atoms with van der Waals surface area (Å²) in [4.78, 5) is 0. The highest BCUT2D eigenvalue weighted by Gasteiger charge is 2.36. The summed E-state index contributed by atoms with van der Waals surface area (Å²) in [7, 11) is 0. The fourth-order valence-electron chi connectivity index (χ4n) is 1.37. The number of rotatable bonds is 2. The molecule has 1 rings (SSSR count). The molecule has 1 aromatic carbocycles. The summed E-state index contributed by atoms with van der Waals surface area (Å²) in [5, 5.41) is 8.55. The molecular weight excluding hydrogens is 250 g/mol. The third kappa shape index (κ3) is 3.36. The fraction of sp³-hybridized carbons (Fsp3) is 0.400. The summed E-state index contributed by atoms with van der Waals surface area (Å²) in [5.41, 5.74) is -2.87. The number of aliphatic hydroxyl groups is 1. The lowest BCUT2D eigenvalue weighted by Gasteiger charge is -2.15. The van der Waals surface area contributed by atoms with Gasteiger partial charge >= 0.3 is 12.4 Å². The van der Waals surface area contributed by atoms with Gasteiger partial charge in [-0.05, 0) is 30.2 Å². The highest BCUT2D eigenvalue weighted by atomic mass is 19.4. The highest BCUT2D eigenvalue weighted by Crippen LogP contribution is 2.36. The zero-order chi connectivity index (χ0) is 13.3. The van der Waals surface area contributed by atoms with Gasteiger partial charge in [0.1, 0.15) is 0 Å². The Balaban J connectivity index is 3.27. The van der Waals surface area contributed by atoms with Crippen LogP contribution >= 0.6 is 0 Å². The minimum Gasteiger partial charge on any atom is -0.396 e. The van der Waals surface area contributed by atoms with Crippen LogP contribution in [-0.4, -0.2) is 11.7 Å². The van der Waals surface area contributed by atoms with Gasteiger partial charge < -0.3 is 5.11 Å². The molecule has 0 aliphatic carbocycles. The van der Waals surface area contributed by atoms with E-state index < -0.39 is 42.1 Å². The smallest absolute Gasteiger partial charge is 0.396 e. The average molecular weight is 258 g/mol. The van der Waals surface area contributed by atoms with Crippen LogP contribution in [0.15, 0.2) is 18.2 Å². The predicted molar refractivity (Wildman–Crippen MR) is 47.2 cm³/mol. The quantitative estimate of drug-likeness (QED) is 0.807. The summed E-state index contributed by atoms with van der Waals surface area (Å²) in [6, 6.07) is 1.18. The number of aliphatic hydroxyl groups excluding tert-OH is 1. The number of hydrogen-bond acceptors (Lipinski definition) is 1. The number of halogens is 6. The van der Waals surface area contributed by atoms with E-state index in [2.05, 4.69) is 0 Å². The van der Waals surface area contributed by atoms with E-state index in [1.54, 1.807) is 0 Å². The maximum atomic E-state index is 12.4. The minimum atomic E-state index is -4.73. The lowest BCUT2D eigenvalue weighted by Crippen LogP contribution is -2.13. The molecule has 0 saturated carbocycles. The van der Waals surface area contributed by atoms with Gasteiger partial charge in [0.25, 0.3) is 0 Å². The van der Waals surface area contributed by atoms with Crippen LogP contribution in [0.5, 0.6) is 0 Å². The molecule has 0 heterocycles. The van der Waals surface area contributed by atoms with Crippen LogP contribution in [0.3, 0.4) is 0 Å². The monoisotopic (exact) mass is 258 g/mol.